The molecule has 0 unspecified atom stereocenters. The maximum atomic E-state index is 12.2. The SMILES string of the molecule is O=C(NCCCc1ccc(N2CCOCC2)cc1)c1ccc([N+](=O)[O-])cc1Cl. The zero-order valence-corrected chi connectivity index (χ0v) is 16.2. The molecule has 1 heterocycles. The molecule has 7 nitrogen and oxygen atoms in total. The highest BCUT2D eigenvalue weighted by Gasteiger charge is 2.14. The second kappa shape index (κ2) is 9.52. The fourth-order valence-corrected chi connectivity index (χ4v) is 3.35. The number of ether oxygens (including phenoxy) is 1. The Morgan fingerprint density at radius 2 is 1.89 bits per heavy atom. The monoisotopic (exact) mass is 403 g/mol. The van der Waals surface area contributed by atoms with E-state index in [1.165, 1.54) is 29.4 Å². The minimum Gasteiger partial charge on any atom is -0.378 e. The quantitative estimate of drug-likeness (QED) is 0.435. The van der Waals surface area contributed by atoms with Gasteiger partial charge in [0.25, 0.3) is 11.6 Å². The van der Waals surface area contributed by atoms with E-state index in [1.807, 2.05) is 0 Å². The van der Waals surface area contributed by atoms with Gasteiger partial charge in [-0.15, -0.1) is 0 Å². The van der Waals surface area contributed by atoms with Crippen LogP contribution in [-0.2, 0) is 11.2 Å². The number of hydrogen-bond acceptors (Lipinski definition) is 5. The van der Waals surface area contributed by atoms with Crippen LogP contribution in [0.3, 0.4) is 0 Å². The van der Waals surface area contributed by atoms with E-state index in [-0.39, 0.29) is 22.2 Å². The number of non-ortho nitro benzene ring substituents is 1. The number of rotatable bonds is 7. The van der Waals surface area contributed by atoms with Crippen LogP contribution < -0.4 is 10.2 Å². The summed E-state index contributed by atoms with van der Waals surface area (Å²) in [5.41, 5.74) is 2.51. The molecule has 1 fully saturated rings. The van der Waals surface area contributed by atoms with Crippen molar-refractivity contribution < 1.29 is 14.5 Å². The number of carbonyl (C=O) groups is 1. The van der Waals surface area contributed by atoms with Crippen molar-refractivity contribution in [3.8, 4) is 0 Å². The lowest BCUT2D eigenvalue weighted by molar-refractivity contribution is -0.384. The highest BCUT2D eigenvalue weighted by Crippen LogP contribution is 2.22. The molecule has 28 heavy (non-hydrogen) atoms. The first-order valence-corrected chi connectivity index (χ1v) is 9.56. The Labute approximate surface area is 168 Å². The summed E-state index contributed by atoms with van der Waals surface area (Å²) in [7, 11) is 0. The molecular formula is C20H22ClN3O4. The highest BCUT2D eigenvalue weighted by molar-refractivity contribution is 6.34. The maximum Gasteiger partial charge on any atom is 0.270 e. The number of halogens is 1. The molecule has 1 aliphatic rings. The molecule has 0 spiro atoms. The zero-order valence-electron chi connectivity index (χ0n) is 15.4. The Morgan fingerprint density at radius 1 is 1.18 bits per heavy atom. The number of nitrogens with zero attached hydrogens (tertiary/aromatic N) is 2. The van der Waals surface area contributed by atoms with Crippen molar-refractivity contribution in [2.75, 3.05) is 37.7 Å². The van der Waals surface area contributed by atoms with Gasteiger partial charge in [-0.2, -0.15) is 0 Å². The van der Waals surface area contributed by atoms with Crippen molar-refractivity contribution in [3.63, 3.8) is 0 Å². The van der Waals surface area contributed by atoms with Crippen LogP contribution in [0.1, 0.15) is 22.3 Å². The van der Waals surface area contributed by atoms with Crippen LogP contribution in [-0.4, -0.2) is 43.7 Å². The van der Waals surface area contributed by atoms with Crippen LogP contribution in [0.15, 0.2) is 42.5 Å². The first kappa shape index (κ1) is 20.1. The van der Waals surface area contributed by atoms with E-state index >= 15 is 0 Å². The Kier molecular flexibility index (Phi) is 6.84. The molecule has 1 aliphatic heterocycles. The third-order valence-electron chi connectivity index (χ3n) is 4.65. The van der Waals surface area contributed by atoms with E-state index in [9.17, 15) is 14.9 Å². The van der Waals surface area contributed by atoms with E-state index in [0.29, 0.717) is 6.54 Å². The number of anilines is 1. The van der Waals surface area contributed by atoms with Gasteiger partial charge in [0.2, 0.25) is 0 Å². The number of carbonyl (C=O) groups excluding carboxylic acids is 1. The topological polar surface area (TPSA) is 84.7 Å². The zero-order chi connectivity index (χ0) is 19.9. The van der Waals surface area contributed by atoms with Gasteiger partial charge in [0.1, 0.15) is 0 Å². The first-order chi connectivity index (χ1) is 13.5. The Bertz CT molecular complexity index is 836. The Balaban J connectivity index is 1.45. The third-order valence-corrected chi connectivity index (χ3v) is 4.96. The molecule has 148 valence electrons. The molecular weight excluding hydrogens is 382 g/mol. The van der Waals surface area contributed by atoms with Gasteiger partial charge in [-0.3, -0.25) is 14.9 Å². The number of aryl methyl sites for hydroxylation is 1. The van der Waals surface area contributed by atoms with Crippen molar-refractivity contribution >= 4 is 28.9 Å². The third kappa shape index (κ3) is 5.21. The summed E-state index contributed by atoms with van der Waals surface area (Å²) in [5, 5.41) is 13.6. The average Bonchev–Trinajstić information content (AvgIpc) is 2.72. The van der Waals surface area contributed by atoms with Gasteiger partial charge in [0.15, 0.2) is 0 Å². The van der Waals surface area contributed by atoms with Crippen LogP contribution in [0, 0.1) is 10.1 Å². The van der Waals surface area contributed by atoms with Crippen LogP contribution in [0.25, 0.3) is 0 Å². The van der Waals surface area contributed by atoms with E-state index in [0.717, 1.165) is 39.1 Å². The lowest BCUT2D eigenvalue weighted by Crippen LogP contribution is -2.36. The number of nitro groups is 1. The fraction of sp³-hybridized carbons (Fsp3) is 0.350. The van der Waals surface area contributed by atoms with Gasteiger partial charge in [0.05, 0.1) is 28.7 Å². The summed E-state index contributed by atoms with van der Waals surface area (Å²) >= 11 is 5.98. The lowest BCUT2D eigenvalue weighted by atomic mass is 10.1. The lowest BCUT2D eigenvalue weighted by Gasteiger charge is -2.28. The summed E-state index contributed by atoms with van der Waals surface area (Å²) in [5.74, 6) is -0.331. The van der Waals surface area contributed by atoms with Crippen LogP contribution in [0.5, 0.6) is 0 Å². The molecule has 0 aliphatic carbocycles. The van der Waals surface area contributed by atoms with E-state index in [1.54, 1.807) is 0 Å². The molecule has 0 aromatic heterocycles. The Morgan fingerprint density at radius 3 is 2.54 bits per heavy atom. The molecule has 1 N–H and O–H groups in total. The van der Waals surface area contributed by atoms with Crippen LogP contribution in [0.4, 0.5) is 11.4 Å². The summed E-state index contributed by atoms with van der Waals surface area (Å²) < 4.78 is 5.37. The molecule has 3 rings (SSSR count). The number of nitrogens with one attached hydrogen (secondary N) is 1. The Hall–Kier alpha value is -2.64. The van der Waals surface area contributed by atoms with E-state index in [4.69, 9.17) is 16.3 Å². The van der Waals surface area contributed by atoms with Gasteiger partial charge >= 0.3 is 0 Å². The van der Waals surface area contributed by atoms with Crippen molar-refractivity contribution in [1.82, 2.24) is 5.32 Å². The smallest absolute Gasteiger partial charge is 0.270 e. The molecule has 0 radical (unpaired) electrons. The minimum absolute atomic E-state index is 0.0744. The second-order valence-electron chi connectivity index (χ2n) is 6.55. The minimum atomic E-state index is -0.544. The summed E-state index contributed by atoms with van der Waals surface area (Å²) in [6, 6.07) is 12.3. The summed E-state index contributed by atoms with van der Waals surface area (Å²) in [6.07, 6.45) is 1.63. The van der Waals surface area contributed by atoms with Gasteiger partial charge in [-0.25, -0.2) is 0 Å². The molecule has 8 heteroatoms. The predicted octanol–water partition coefficient (Wildman–Crippen LogP) is 3.45. The van der Waals surface area contributed by atoms with E-state index < -0.39 is 4.92 Å². The molecule has 0 saturated carbocycles. The number of nitro benzene ring substituents is 1. The van der Waals surface area contributed by atoms with Gasteiger partial charge in [0, 0.05) is 37.5 Å². The van der Waals surface area contributed by atoms with Gasteiger partial charge in [-0.05, 0) is 36.6 Å². The molecule has 1 saturated heterocycles. The second-order valence-corrected chi connectivity index (χ2v) is 6.95. The number of morpholine rings is 1. The van der Waals surface area contributed by atoms with Crippen molar-refractivity contribution in [3.05, 3.63) is 68.7 Å². The predicted molar refractivity (Wildman–Crippen MR) is 108 cm³/mol. The standard InChI is InChI=1S/C20H22ClN3O4/c21-19-14-17(24(26)27)7-8-18(19)20(25)22-9-1-2-15-3-5-16(6-4-15)23-10-12-28-13-11-23/h3-8,14H,1-2,9-13H2,(H,22,25). The summed E-state index contributed by atoms with van der Waals surface area (Å²) in [6.45, 7) is 3.85. The van der Waals surface area contributed by atoms with E-state index in [2.05, 4.69) is 34.5 Å². The highest BCUT2D eigenvalue weighted by atomic mass is 35.5. The largest absolute Gasteiger partial charge is 0.378 e. The average molecular weight is 404 g/mol. The number of amides is 1. The molecule has 0 atom stereocenters. The van der Waals surface area contributed by atoms with Crippen molar-refractivity contribution in [1.29, 1.82) is 0 Å². The number of benzene rings is 2. The van der Waals surface area contributed by atoms with Crippen LogP contribution in [0.2, 0.25) is 5.02 Å². The molecule has 1 amide bonds. The van der Waals surface area contributed by atoms with Crippen LogP contribution >= 0.6 is 11.6 Å². The molecule has 2 aromatic rings. The first-order valence-electron chi connectivity index (χ1n) is 9.18. The van der Waals surface area contributed by atoms with Gasteiger partial charge < -0.3 is 15.0 Å². The molecule has 2 aromatic carbocycles. The van der Waals surface area contributed by atoms with Crippen molar-refractivity contribution in [2.45, 2.75) is 12.8 Å². The summed E-state index contributed by atoms with van der Waals surface area (Å²) in [4.78, 5) is 24.7. The van der Waals surface area contributed by atoms with Gasteiger partial charge in [-0.1, -0.05) is 23.7 Å². The normalized spacial score (nSPS) is 14.0. The fourth-order valence-electron chi connectivity index (χ4n) is 3.09. The van der Waals surface area contributed by atoms with Crippen molar-refractivity contribution in [2.24, 2.45) is 0 Å². The number of hydrogen-bond donors (Lipinski definition) is 1. The maximum absolute atomic E-state index is 12.2. The molecule has 0 bridgehead atoms.